The zero-order valence-electron chi connectivity index (χ0n) is 12.9. The van der Waals surface area contributed by atoms with Crippen molar-refractivity contribution in [1.82, 2.24) is 16.0 Å². The number of carbonyl (C=O) groups is 1. The number of amides is 2. The Morgan fingerprint density at radius 3 is 3.00 bits per heavy atom. The number of carbonyl (C=O) groups excluding carboxylic acids is 1. The van der Waals surface area contributed by atoms with E-state index in [-0.39, 0.29) is 17.5 Å². The Kier molecular flexibility index (Phi) is 5.46. The molecule has 0 saturated carbocycles. The minimum atomic E-state index is -0.0228. The SMILES string of the molecule is CC(C)(CNC(=O)NC1CCCCNC1)C1=CCCC1. The van der Waals surface area contributed by atoms with Gasteiger partial charge in [-0.15, -0.1) is 0 Å². The van der Waals surface area contributed by atoms with E-state index in [1.165, 1.54) is 37.7 Å². The lowest BCUT2D eigenvalue weighted by Gasteiger charge is -2.27. The van der Waals surface area contributed by atoms with Crippen LogP contribution in [0.1, 0.15) is 52.4 Å². The molecular weight excluding hydrogens is 250 g/mol. The highest BCUT2D eigenvalue weighted by Gasteiger charge is 2.25. The zero-order chi connectivity index (χ0) is 14.4. The van der Waals surface area contributed by atoms with Gasteiger partial charge in [0.05, 0.1) is 0 Å². The van der Waals surface area contributed by atoms with E-state index in [4.69, 9.17) is 0 Å². The first-order valence-corrected chi connectivity index (χ1v) is 8.02. The fourth-order valence-corrected chi connectivity index (χ4v) is 3.08. The van der Waals surface area contributed by atoms with Crippen LogP contribution in [0.4, 0.5) is 4.79 Å². The maximum Gasteiger partial charge on any atom is 0.315 e. The molecular formula is C16H29N3O. The maximum absolute atomic E-state index is 12.0. The van der Waals surface area contributed by atoms with Gasteiger partial charge >= 0.3 is 6.03 Å². The molecule has 0 spiro atoms. The molecule has 0 bridgehead atoms. The molecule has 1 aliphatic heterocycles. The van der Waals surface area contributed by atoms with Gasteiger partial charge in [0.15, 0.2) is 0 Å². The number of hydrogen-bond donors (Lipinski definition) is 3. The predicted molar refractivity (Wildman–Crippen MR) is 82.8 cm³/mol. The van der Waals surface area contributed by atoms with Gasteiger partial charge in [-0.25, -0.2) is 4.79 Å². The number of urea groups is 1. The van der Waals surface area contributed by atoms with Crippen LogP contribution in [0.15, 0.2) is 11.6 Å². The molecule has 2 aliphatic rings. The van der Waals surface area contributed by atoms with Crippen LogP contribution in [0.3, 0.4) is 0 Å². The summed E-state index contributed by atoms with van der Waals surface area (Å²) >= 11 is 0. The third-order valence-electron chi connectivity index (χ3n) is 4.48. The van der Waals surface area contributed by atoms with E-state index in [1.807, 2.05) is 0 Å². The number of allylic oxidation sites excluding steroid dienone is 1. The Morgan fingerprint density at radius 2 is 2.25 bits per heavy atom. The molecule has 0 radical (unpaired) electrons. The minimum Gasteiger partial charge on any atom is -0.337 e. The molecule has 1 fully saturated rings. The summed E-state index contributed by atoms with van der Waals surface area (Å²) in [7, 11) is 0. The van der Waals surface area contributed by atoms with E-state index >= 15 is 0 Å². The van der Waals surface area contributed by atoms with Crippen LogP contribution in [0.5, 0.6) is 0 Å². The Bertz CT molecular complexity index is 355. The number of hydrogen-bond acceptors (Lipinski definition) is 2. The lowest BCUT2D eigenvalue weighted by Crippen LogP contribution is -2.48. The van der Waals surface area contributed by atoms with Crippen LogP contribution in [0.2, 0.25) is 0 Å². The van der Waals surface area contributed by atoms with Gasteiger partial charge in [-0.3, -0.25) is 0 Å². The van der Waals surface area contributed by atoms with E-state index in [0.29, 0.717) is 6.54 Å². The highest BCUT2D eigenvalue weighted by molar-refractivity contribution is 5.74. The van der Waals surface area contributed by atoms with Crippen molar-refractivity contribution < 1.29 is 4.79 Å². The van der Waals surface area contributed by atoms with Gasteiger partial charge in [-0.05, 0) is 38.6 Å². The normalized spacial score (nSPS) is 23.9. The van der Waals surface area contributed by atoms with Crippen molar-refractivity contribution in [3.63, 3.8) is 0 Å². The van der Waals surface area contributed by atoms with Crippen molar-refractivity contribution >= 4 is 6.03 Å². The van der Waals surface area contributed by atoms with Crippen molar-refractivity contribution in [1.29, 1.82) is 0 Å². The van der Waals surface area contributed by atoms with Gasteiger partial charge in [-0.2, -0.15) is 0 Å². The summed E-state index contributed by atoms with van der Waals surface area (Å²) in [5.74, 6) is 0. The number of nitrogens with one attached hydrogen (secondary N) is 3. The van der Waals surface area contributed by atoms with Gasteiger partial charge in [-0.1, -0.05) is 31.9 Å². The first kappa shape index (κ1) is 15.4. The summed E-state index contributed by atoms with van der Waals surface area (Å²) in [5, 5.41) is 9.51. The number of rotatable bonds is 4. The van der Waals surface area contributed by atoms with E-state index in [0.717, 1.165) is 19.5 Å². The molecule has 4 heteroatoms. The highest BCUT2D eigenvalue weighted by Crippen LogP contribution is 2.33. The summed E-state index contributed by atoms with van der Waals surface area (Å²) in [6, 6.07) is 0.247. The minimum absolute atomic E-state index is 0.0228. The Hall–Kier alpha value is -1.03. The Labute approximate surface area is 122 Å². The first-order chi connectivity index (χ1) is 9.58. The average molecular weight is 279 g/mol. The van der Waals surface area contributed by atoms with Gasteiger partial charge < -0.3 is 16.0 Å². The van der Waals surface area contributed by atoms with Gasteiger partial charge in [0.25, 0.3) is 0 Å². The lowest BCUT2D eigenvalue weighted by molar-refractivity contribution is 0.232. The molecule has 0 aromatic rings. The van der Waals surface area contributed by atoms with E-state index in [1.54, 1.807) is 0 Å². The second-order valence-electron chi connectivity index (χ2n) is 6.73. The highest BCUT2D eigenvalue weighted by atomic mass is 16.2. The summed E-state index contributed by atoms with van der Waals surface area (Å²) in [5.41, 5.74) is 1.57. The molecule has 1 heterocycles. The molecule has 114 valence electrons. The summed E-state index contributed by atoms with van der Waals surface area (Å²) in [4.78, 5) is 12.0. The van der Waals surface area contributed by atoms with E-state index in [9.17, 15) is 4.79 Å². The molecule has 20 heavy (non-hydrogen) atoms. The topological polar surface area (TPSA) is 53.2 Å². The largest absolute Gasteiger partial charge is 0.337 e. The fourth-order valence-electron chi connectivity index (χ4n) is 3.08. The van der Waals surface area contributed by atoms with Gasteiger partial charge in [0, 0.05) is 24.5 Å². The third-order valence-corrected chi connectivity index (χ3v) is 4.48. The van der Waals surface area contributed by atoms with Crippen LogP contribution in [-0.4, -0.2) is 31.7 Å². The molecule has 3 N–H and O–H groups in total. The lowest BCUT2D eigenvalue weighted by atomic mass is 9.83. The van der Waals surface area contributed by atoms with Crippen LogP contribution in [0.25, 0.3) is 0 Å². The summed E-state index contributed by atoms with van der Waals surface area (Å²) in [6.07, 6.45) is 9.46. The maximum atomic E-state index is 12.0. The van der Waals surface area contributed by atoms with Gasteiger partial charge in [0.1, 0.15) is 0 Å². The predicted octanol–water partition coefficient (Wildman–Crippen LogP) is 2.56. The van der Waals surface area contributed by atoms with Crippen molar-refractivity contribution in [3.05, 3.63) is 11.6 Å². The summed E-state index contributed by atoms with van der Waals surface area (Å²) in [6.45, 7) is 7.11. The molecule has 1 saturated heterocycles. The van der Waals surface area contributed by atoms with Crippen molar-refractivity contribution in [3.8, 4) is 0 Å². The first-order valence-electron chi connectivity index (χ1n) is 8.02. The van der Waals surface area contributed by atoms with E-state index in [2.05, 4.69) is 35.9 Å². The van der Waals surface area contributed by atoms with Gasteiger partial charge in [0.2, 0.25) is 0 Å². The fraction of sp³-hybridized carbons (Fsp3) is 0.812. The average Bonchev–Trinajstić information content (AvgIpc) is 2.85. The van der Waals surface area contributed by atoms with E-state index < -0.39 is 0 Å². The van der Waals surface area contributed by atoms with Crippen molar-refractivity contribution in [2.24, 2.45) is 5.41 Å². The van der Waals surface area contributed by atoms with Crippen molar-refractivity contribution in [2.45, 2.75) is 58.4 Å². The third kappa shape index (κ3) is 4.51. The Balaban J connectivity index is 1.73. The molecule has 1 atom stereocenters. The molecule has 0 aromatic carbocycles. The van der Waals surface area contributed by atoms with Crippen LogP contribution < -0.4 is 16.0 Å². The molecule has 0 aromatic heterocycles. The standard InChI is InChI=1S/C16H29N3O/c1-16(2,13-7-3-4-8-13)12-18-15(20)19-14-9-5-6-10-17-11-14/h7,14,17H,3-6,8-12H2,1-2H3,(H2,18,19,20). The molecule has 4 nitrogen and oxygen atoms in total. The van der Waals surface area contributed by atoms with Crippen molar-refractivity contribution in [2.75, 3.05) is 19.6 Å². The summed E-state index contributed by atoms with van der Waals surface area (Å²) < 4.78 is 0. The quantitative estimate of drug-likeness (QED) is 0.693. The smallest absolute Gasteiger partial charge is 0.315 e. The van der Waals surface area contributed by atoms with Crippen LogP contribution in [-0.2, 0) is 0 Å². The second-order valence-corrected chi connectivity index (χ2v) is 6.73. The monoisotopic (exact) mass is 279 g/mol. The molecule has 2 rings (SSSR count). The Morgan fingerprint density at radius 1 is 1.40 bits per heavy atom. The molecule has 1 aliphatic carbocycles. The molecule has 2 amide bonds. The molecule has 1 unspecified atom stereocenters. The van der Waals surface area contributed by atoms with Crippen LogP contribution >= 0.6 is 0 Å². The van der Waals surface area contributed by atoms with Crippen LogP contribution in [0, 0.1) is 5.41 Å². The second kappa shape index (κ2) is 7.11. The zero-order valence-corrected chi connectivity index (χ0v) is 12.9.